The fourth-order valence-electron chi connectivity index (χ4n) is 2.78. The second-order valence-corrected chi connectivity index (χ2v) is 5.70. The minimum atomic E-state index is -0.963. The number of hydrogen-bond acceptors (Lipinski definition) is 2. The van der Waals surface area contributed by atoms with Gasteiger partial charge in [0.2, 0.25) is 0 Å². The lowest BCUT2D eigenvalue weighted by Gasteiger charge is -2.18. The van der Waals surface area contributed by atoms with Crippen LogP contribution in [0.15, 0.2) is 18.2 Å². The van der Waals surface area contributed by atoms with E-state index in [9.17, 15) is 14.7 Å². The van der Waals surface area contributed by atoms with Gasteiger partial charge in [-0.15, -0.1) is 0 Å². The predicted octanol–water partition coefficient (Wildman–Crippen LogP) is 2.94. The molecule has 2 rings (SSSR count). The number of carbonyl (C=O) groups is 2. The van der Waals surface area contributed by atoms with Crippen LogP contribution in [0.4, 0.5) is 0 Å². The number of fused-ring (bicyclic) bond motifs is 1. The molecule has 4 heteroatoms. The number of rotatable bonds is 6. The van der Waals surface area contributed by atoms with Crippen LogP contribution in [0.1, 0.15) is 60.5 Å². The van der Waals surface area contributed by atoms with Crippen molar-refractivity contribution in [2.75, 3.05) is 0 Å². The molecule has 1 atom stereocenters. The van der Waals surface area contributed by atoms with Crippen LogP contribution in [0.25, 0.3) is 0 Å². The van der Waals surface area contributed by atoms with E-state index in [4.69, 9.17) is 0 Å². The number of aliphatic carboxylic acids is 1. The summed E-state index contributed by atoms with van der Waals surface area (Å²) < 4.78 is 0. The van der Waals surface area contributed by atoms with Gasteiger partial charge in [-0.2, -0.15) is 0 Å². The van der Waals surface area contributed by atoms with Crippen LogP contribution in [-0.2, 0) is 17.6 Å². The molecular weight excluding hydrogens is 266 g/mol. The van der Waals surface area contributed by atoms with Crippen molar-refractivity contribution >= 4 is 11.9 Å². The van der Waals surface area contributed by atoms with E-state index in [1.807, 2.05) is 19.1 Å². The highest BCUT2D eigenvalue weighted by Crippen LogP contribution is 2.22. The smallest absolute Gasteiger partial charge is 0.326 e. The molecule has 0 bridgehead atoms. The Kier molecular flexibility index (Phi) is 5.37. The Morgan fingerprint density at radius 3 is 2.62 bits per heavy atom. The lowest BCUT2D eigenvalue weighted by molar-refractivity contribution is -0.139. The maximum absolute atomic E-state index is 12.2. The van der Waals surface area contributed by atoms with Gasteiger partial charge < -0.3 is 10.4 Å². The molecule has 1 aromatic carbocycles. The van der Waals surface area contributed by atoms with Crippen molar-refractivity contribution in [1.29, 1.82) is 0 Å². The normalized spacial score (nSPS) is 15.1. The first-order chi connectivity index (χ1) is 10.1. The first kappa shape index (κ1) is 15.5. The zero-order valence-electron chi connectivity index (χ0n) is 12.5. The average Bonchev–Trinajstić information content (AvgIpc) is 2.50. The molecule has 1 aliphatic carbocycles. The van der Waals surface area contributed by atoms with E-state index in [0.717, 1.165) is 32.1 Å². The molecule has 2 N–H and O–H groups in total. The lowest BCUT2D eigenvalue weighted by atomic mass is 9.90. The zero-order valence-corrected chi connectivity index (χ0v) is 12.5. The third-order valence-electron chi connectivity index (χ3n) is 4.06. The minimum absolute atomic E-state index is 0.285. The van der Waals surface area contributed by atoms with Gasteiger partial charge in [0, 0.05) is 5.56 Å². The summed E-state index contributed by atoms with van der Waals surface area (Å²) in [6.45, 7) is 2.00. The average molecular weight is 289 g/mol. The maximum atomic E-state index is 12.2. The third kappa shape index (κ3) is 4.06. The number of unbranched alkanes of at least 4 members (excludes halogenated alkanes) is 1. The van der Waals surface area contributed by atoms with E-state index < -0.39 is 12.0 Å². The number of amides is 1. The van der Waals surface area contributed by atoms with Gasteiger partial charge in [0.1, 0.15) is 6.04 Å². The van der Waals surface area contributed by atoms with Crippen molar-refractivity contribution in [2.24, 2.45) is 0 Å². The molecule has 0 saturated heterocycles. The van der Waals surface area contributed by atoms with Crippen molar-refractivity contribution in [3.05, 3.63) is 34.9 Å². The zero-order chi connectivity index (χ0) is 15.2. The summed E-state index contributed by atoms with van der Waals surface area (Å²) in [5.74, 6) is -1.25. The molecule has 1 unspecified atom stereocenters. The highest BCUT2D eigenvalue weighted by atomic mass is 16.4. The Bertz CT molecular complexity index is 525. The van der Waals surface area contributed by atoms with Crippen molar-refractivity contribution in [3.8, 4) is 0 Å². The van der Waals surface area contributed by atoms with E-state index >= 15 is 0 Å². The van der Waals surface area contributed by atoms with Gasteiger partial charge in [-0.1, -0.05) is 25.8 Å². The number of carboxylic acids is 1. The van der Waals surface area contributed by atoms with Gasteiger partial charge in [0.15, 0.2) is 0 Å². The van der Waals surface area contributed by atoms with E-state index in [1.165, 1.54) is 17.5 Å². The quantitative estimate of drug-likeness (QED) is 0.846. The van der Waals surface area contributed by atoms with Gasteiger partial charge in [0.05, 0.1) is 0 Å². The monoisotopic (exact) mass is 289 g/mol. The first-order valence-electron chi connectivity index (χ1n) is 7.77. The van der Waals surface area contributed by atoms with Gasteiger partial charge in [-0.3, -0.25) is 4.79 Å². The van der Waals surface area contributed by atoms with Gasteiger partial charge in [-0.25, -0.2) is 4.79 Å². The Hall–Kier alpha value is -1.84. The maximum Gasteiger partial charge on any atom is 0.326 e. The van der Waals surface area contributed by atoms with Gasteiger partial charge in [-0.05, 0) is 55.4 Å². The Morgan fingerprint density at radius 1 is 1.24 bits per heavy atom. The molecule has 1 aromatic rings. The summed E-state index contributed by atoms with van der Waals surface area (Å²) >= 11 is 0. The van der Waals surface area contributed by atoms with E-state index in [1.54, 1.807) is 6.07 Å². The molecule has 4 nitrogen and oxygen atoms in total. The Labute approximate surface area is 125 Å². The number of carbonyl (C=O) groups excluding carboxylic acids is 1. The van der Waals surface area contributed by atoms with Crippen LogP contribution >= 0.6 is 0 Å². The topological polar surface area (TPSA) is 66.4 Å². The fourth-order valence-corrected chi connectivity index (χ4v) is 2.78. The molecule has 0 spiro atoms. The number of benzene rings is 1. The van der Waals surface area contributed by atoms with E-state index in [2.05, 4.69) is 5.32 Å². The second kappa shape index (κ2) is 7.25. The second-order valence-electron chi connectivity index (χ2n) is 5.70. The van der Waals surface area contributed by atoms with Crippen LogP contribution in [0, 0.1) is 0 Å². The van der Waals surface area contributed by atoms with Gasteiger partial charge >= 0.3 is 5.97 Å². The highest BCUT2D eigenvalue weighted by Gasteiger charge is 2.20. The number of aryl methyl sites for hydroxylation is 2. The molecule has 0 heterocycles. The van der Waals surface area contributed by atoms with Crippen LogP contribution in [0.2, 0.25) is 0 Å². The van der Waals surface area contributed by atoms with E-state index in [0.29, 0.717) is 12.0 Å². The third-order valence-corrected chi connectivity index (χ3v) is 4.06. The number of hydrogen-bond donors (Lipinski definition) is 2. The lowest BCUT2D eigenvalue weighted by Crippen LogP contribution is -2.40. The summed E-state index contributed by atoms with van der Waals surface area (Å²) in [5, 5.41) is 11.8. The molecule has 0 fully saturated rings. The SMILES string of the molecule is CCCCC(NC(=O)c1ccc2c(c1)CCCC2)C(=O)O. The van der Waals surface area contributed by atoms with Crippen molar-refractivity contribution in [1.82, 2.24) is 5.32 Å². The predicted molar refractivity (Wildman–Crippen MR) is 81.5 cm³/mol. The fraction of sp³-hybridized carbons (Fsp3) is 0.529. The van der Waals surface area contributed by atoms with Crippen LogP contribution in [0.5, 0.6) is 0 Å². The molecule has 0 radical (unpaired) electrons. The standard InChI is InChI=1S/C17H23NO3/c1-2-3-8-15(17(20)21)18-16(19)14-10-9-12-6-4-5-7-13(12)11-14/h9-11,15H,2-8H2,1H3,(H,18,19)(H,20,21). The molecule has 1 aliphatic rings. The van der Waals surface area contributed by atoms with Crippen molar-refractivity contribution in [2.45, 2.75) is 57.9 Å². The largest absolute Gasteiger partial charge is 0.480 e. The minimum Gasteiger partial charge on any atom is -0.480 e. The highest BCUT2D eigenvalue weighted by molar-refractivity contribution is 5.96. The summed E-state index contributed by atoms with van der Waals surface area (Å²) in [6, 6.07) is 4.93. The Balaban J connectivity index is 2.06. The number of carboxylic acid groups (broad SMARTS) is 1. The summed E-state index contributed by atoms with van der Waals surface area (Å²) in [6.07, 6.45) is 6.63. The van der Waals surface area contributed by atoms with Crippen LogP contribution in [-0.4, -0.2) is 23.0 Å². The molecule has 21 heavy (non-hydrogen) atoms. The molecule has 0 aromatic heterocycles. The Morgan fingerprint density at radius 2 is 1.95 bits per heavy atom. The molecule has 1 amide bonds. The van der Waals surface area contributed by atoms with Gasteiger partial charge in [0.25, 0.3) is 5.91 Å². The summed E-state index contributed by atoms with van der Waals surface area (Å²) in [5.41, 5.74) is 3.12. The molecule has 114 valence electrons. The van der Waals surface area contributed by atoms with Crippen LogP contribution in [0.3, 0.4) is 0 Å². The van der Waals surface area contributed by atoms with Crippen molar-refractivity contribution < 1.29 is 14.7 Å². The number of nitrogens with one attached hydrogen (secondary N) is 1. The van der Waals surface area contributed by atoms with Crippen molar-refractivity contribution in [3.63, 3.8) is 0 Å². The van der Waals surface area contributed by atoms with Crippen LogP contribution < -0.4 is 5.32 Å². The van der Waals surface area contributed by atoms with E-state index in [-0.39, 0.29) is 5.91 Å². The molecule has 0 saturated carbocycles. The summed E-state index contributed by atoms with van der Waals surface area (Å²) in [4.78, 5) is 23.4. The molecular formula is C17H23NO3. The molecule has 0 aliphatic heterocycles. The first-order valence-corrected chi connectivity index (χ1v) is 7.77. The summed E-state index contributed by atoms with van der Waals surface area (Å²) in [7, 11) is 0.